The highest BCUT2D eigenvalue weighted by Crippen LogP contribution is 1.93. The van der Waals surface area contributed by atoms with Gasteiger partial charge in [-0.05, 0) is 6.42 Å². The fourth-order valence-corrected chi connectivity index (χ4v) is 0.543. The molecule has 0 bridgehead atoms. The SMILES string of the molecule is CN1CC[CH]N1. The zero-order valence-corrected chi connectivity index (χ0v) is 3.94. The molecule has 35 valence electrons. The van der Waals surface area contributed by atoms with Crippen molar-refractivity contribution in [3.05, 3.63) is 6.54 Å². The van der Waals surface area contributed by atoms with Crippen LogP contribution in [0.2, 0.25) is 0 Å². The molecule has 1 aliphatic rings. The number of rotatable bonds is 0. The fourth-order valence-electron chi connectivity index (χ4n) is 0.543. The van der Waals surface area contributed by atoms with E-state index in [1.807, 2.05) is 7.05 Å². The highest BCUT2D eigenvalue weighted by molar-refractivity contribution is 4.67. The van der Waals surface area contributed by atoms with Crippen LogP contribution in [0.1, 0.15) is 6.42 Å². The standard InChI is InChI=1S/C4H9N2/c1-6-4-2-3-5-6/h3,5H,2,4H2,1H3. The highest BCUT2D eigenvalue weighted by Gasteiger charge is 2.02. The Morgan fingerprint density at radius 2 is 2.67 bits per heavy atom. The molecule has 0 aromatic rings. The normalized spacial score (nSPS) is 25.5. The van der Waals surface area contributed by atoms with Crippen molar-refractivity contribution in [2.45, 2.75) is 6.42 Å². The zero-order chi connectivity index (χ0) is 4.41. The summed E-state index contributed by atoms with van der Waals surface area (Å²) in [6.45, 7) is 3.21. The van der Waals surface area contributed by atoms with Crippen LogP contribution in [0.15, 0.2) is 0 Å². The smallest absolute Gasteiger partial charge is 0.0395 e. The quantitative estimate of drug-likeness (QED) is 0.445. The van der Waals surface area contributed by atoms with E-state index in [-0.39, 0.29) is 0 Å². The van der Waals surface area contributed by atoms with Crippen LogP contribution in [-0.2, 0) is 0 Å². The minimum Gasteiger partial charge on any atom is -0.251 e. The van der Waals surface area contributed by atoms with E-state index in [9.17, 15) is 0 Å². The topological polar surface area (TPSA) is 15.3 Å². The lowest BCUT2D eigenvalue weighted by molar-refractivity contribution is 0.326. The molecule has 1 heterocycles. The molecule has 0 unspecified atom stereocenters. The van der Waals surface area contributed by atoms with Crippen molar-refractivity contribution in [2.75, 3.05) is 13.6 Å². The minimum atomic E-state index is 1.15. The van der Waals surface area contributed by atoms with E-state index in [0.29, 0.717) is 0 Å². The van der Waals surface area contributed by atoms with Crippen LogP contribution < -0.4 is 5.43 Å². The summed E-state index contributed by atoms with van der Waals surface area (Å²) < 4.78 is 0. The second-order valence-electron chi connectivity index (χ2n) is 1.54. The Balaban J connectivity index is 2.18. The van der Waals surface area contributed by atoms with Crippen LogP contribution in [0.5, 0.6) is 0 Å². The molecular weight excluding hydrogens is 76.1 g/mol. The summed E-state index contributed by atoms with van der Waals surface area (Å²) in [4.78, 5) is 0. The maximum atomic E-state index is 3.03. The number of hydrogen-bond acceptors (Lipinski definition) is 2. The molecule has 0 aromatic carbocycles. The van der Waals surface area contributed by atoms with Gasteiger partial charge < -0.3 is 0 Å². The Bertz CT molecular complexity index is 38.8. The summed E-state index contributed by atoms with van der Waals surface area (Å²) in [6, 6.07) is 0. The largest absolute Gasteiger partial charge is 0.251 e. The van der Waals surface area contributed by atoms with Crippen LogP contribution in [0, 0.1) is 6.54 Å². The summed E-state index contributed by atoms with van der Waals surface area (Å²) >= 11 is 0. The first-order valence-corrected chi connectivity index (χ1v) is 2.18. The number of hydrazine groups is 1. The van der Waals surface area contributed by atoms with Gasteiger partial charge in [0.25, 0.3) is 0 Å². The molecule has 2 nitrogen and oxygen atoms in total. The van der Waals surface area contributed by atoms with Gasteiger partial charge >= 0.3 is 0 Å². The van der Waals surface area contributed by atoms with Crippen molar-refractivity contribution < 1.29 is 0 Å². The third kappa shape index (κ3) is 0.698. The van der Waals surface area contributed by atoms with Crippen molar-refractivity contribution in [2.24, 2.45) is 0 Å². The Labute approximate surface area is 38.1 Å². The first-order chi connectivity index (χ1) is 2.89. The maximum absolute atomic E-state index is 3.03. The molecule has 0 atom stereocenters. The predicted octanol–water partition coefficient (Wildman–Crippen LogP) is -0.0117. The summed E-state index contributed by atoms with van der Waals surface area (Å²) in [7, 11) is 2.03. The Morgan fingerprint density at radius 3 is 2.83 bits per heavy atom. The van der Waals surface area contributed by atoms with Gasteiger partial charge in [-0.3, -0.25) is 5.43 Å². The molecule has 0 amide bonds. The third-order valence-electron chi connectivity index (χ3n) is 0.921. The summed E-state index contributed by atoms with van der Waals surface area (Å²) in [5.41, 5.74) is 3.03. The van der Waals surface area contributed by atoms with Crippen LogP contribution in [0.25, 0.3) is 0 Å². The molecule has 1 fully saturated rings. The maximum Gasteiger partial charge on any atom is 0.0395 e. The minimum absolute atomic E-state index is 1.15. The molecule has 1 aliphatic heterocycles. The first-order valence-electron chi connectivity index (χ1n) is 2.18. The molecule has 0 saturated carbocycles. The van der Waals surface area contributed by atoms with Crippen molar-refractivity contribution >= 4 is 0 Å². The fraction of sp³-hybridized carbons (Fsp3) is 0.750. The highest BCUT2D eigenvalue weighted by atomic mass is 15.5. The van der Waals surface area contributed by atoms with Gasteiger partial charge in [-0.15, -0.1) is 0 Å². The van der Waals surface area contributed by atoms with Gasteiger partial charge in [0.1, 0.15) is 0 Å². The van der Waals surface area contributed by atoms with Gasteiger partial charge in [-0.2, -0.15) is 0 Å². The Morgan fingerprint density at radius 1 is 1.83 bits per heavy atom. The van der Waals surface area contributed by atoms with Crippen molar-refractivity contribution in [1.29, 1.82) is 0 Å². The van der Waals surface area contributed by atoms with Crippen LogP contribution in [0.3, 0.4) is 0 Å². The average molecular weight is 85.1 g/mol. The second kappa shape index (κ2) is 1.58. The zero-order valence-electron chi connectivity index (χ0n) is 3.94. The van der Waals surface area contributed by atoms with Crippen molar-refractivity contribution in [3.8, 4) is 0 Å². The van der Waals surface area contributed by atoms with Crippen molar-refractivity contribution in [3.63, 3.8) is 0 Å². The van der Waals surface area contributed by atoms with E-state index in [0.717, 1.165) is 6.54 Å². The lowest BCUT2D eigenvalue weighted by Gasteiger charge is -2.02. The van der Waals surface area contributed by atoms with Gasteiger partial charge in [0, 0.05) is 20.1 Å². The lowest BCUT2D eigenvalue weighted by Crippen LogP contribution is -2.23. The van der Waals surface area contributed by atoms with Crippen LogP contribution in [0.4, 0.5) is 0 Å². The van der Waals surface area contributed by atoms with E-state index < -0.39 is 0 Å². The number of hydrogen-bond donors (Lipinski definition) is 1. The predicted molar refractivity (Wildman–Crippen MR) is 24.7 cm³/mol. The molecule has 1 saturated heterocycles. The Hall–Kier alpha value is -0.0800. The second-order valence-corrected chi connectivity index (χ2v) is 1.54. The molecule has 1 radical (unpaired) electrons. The molecule has 6 heavy (non-hydrogen) atoms. The molecule has 0 aliphatic carbocycles. The molecular formula is C4H9N2. The van der Waals surface area contributed by atoms with Crippen LogP contribution >= 0.6 is 0 Å². The Kier molecular flexibility index (Phi) is 1.08. The van der Waals surface area contributed by atoms with Crippen molar-refractivity contribution in [1.82, 2.24) is 10.4 Å². The monoisotopic (exact) mass is 85.1 g/mol. The van der Waals surface area contributed by atoms with Gasteiger partial charge in [0.15, 0.2) is 0 Å². The van der Waals surface area contributed by atoms with Gasteiger partial charge in [0.2, 0.25) is 0 Å². The van der Waals surface area contributed by atoms with E-state index in [1.54, 1.807) is 0 Å². The summed E-state index contributed by atoms with van der Waals surface area (Å²) in [6.07, 6.45) is 1.18. The van der Waals surface area contributed by atoms with E-state index in [2.05, 4.69) is 17.0 Å². The van der Waals surface area contributed by atoms with E-state index in [4.69, 9.17) is 0 Å². The van der Waals surface area contributed by atoms with E-state index in [1.165, 1.54) is 6.42 Å². The molecule has 0 spiro atoms. The lowest BCUT2D eigenvalue weighted by atomic mass is 10.5. The molecule has 1 rings (SSSR count). The van der Waals surface area contributed by atoms with Gasteiger partial charge in [0.05, 0.1) is 0 Å². The molecule has 1 N–H and O–H groups in total. The van der Waals surface area contributed by atoms with Crippen LogP contribution in [-0.4, -0.2) is 18.6 Å². The third-order valence-corrected chi connectivity index (χ3v) is 0.921. The summed E-state index contributed by atoms with van der Waals surface area (Å²) in [5, 5.41) is 2.06. The number of nitrogens with one attached hydrogen (secondary N) is 1. The molecule has 0 aromatic heterocycles. The molecule has 2 heteroatoms. The van der Waals surface area contributed by atoms with E-state index >= 15 is 0 Å². The van der Waals surface area contributed by atoms with Gasteiger partial charge in [-0.25, -0.2) is 5.01 Å². The van der Waals surface area contributed by atoms with Gasteiger partial charge in [-0.1, -0.05) is 0 Å². The average Bonchev–Trinajstić information content (AvgIpc) is 1.86. The first kappa shape index (κ1) is 4.09. The summed E-state index contributed by atoms with van der Waals surface area (Å²) in [5.74, 6) is 0. The number of nitrogens with zero attached hydrogens (tertiary/aromatic N) is 1.